The van der Waals surface area contributed by atoms with Crippen molar-refractivity contribution in [3.05, 3.63) is 29.1 Å². The molecule has 1 heterocycles. The molecule has 0 bridgehead atoms. The van der Waals surface area contributed by atoms with Crippen LogP contribution in [0.2, 0.25) is 0 Å². The summed E-state index contributed by atoms with van der Waals surface area (Å²) in [6, 6.07) is 0. The van der Waals surface area contributed by atoms with Crippen LogP contribution in [0.5, 0.6) is 5.75 Å². The van der Waals surface area contributed by atoms with Crippen molar-refractivity contribution < 1.29 is 26.7 Å². The van der Waals surface area contributed by atoms with Crippen LogP contribution in [0.1, 0.15) is 45.4 Å². The summed E-state index contributed by atoms with van der Waals surface area (Å²) in [5.74, 6) is -11.1. The summed E-state index contributed by atoms with van der Waals surface area (Å²) in [7, 11) is 0. The zero-order valence-corrected chi connectivity index (χ0v) is 13.0. The van der Waals surface area contributed by atoms with Gasteiger partial charge in [-0.05, 0) is 38.8 Å². The first-order valence-electron chi connectivity index (χ1n) is 7.83. The van der Waals surface area contributed by atoms with E-state index in [9.17, 15) is 22.0 Å². The van der Waals surface area contributed by atoms with Gasteiger partial charge in [0.2, 0.25) is 29.1 Å². The van der Waals surface area contributed by atoms with Crippen LogP contribution in [-0.2, 0) is 0 Å². The molecule has 0 atom stereocenters. The van der Waals surface area contributed by atoms with Gasteiger partial charge in [-0.1, -0.05) is 19.8 Å². The maximum absolute atomic E-state index is 13.9. The standard InChI is InChI=1S/C16H20F5NO/c1-2-3-4-5-16(6-8-22-9-7-16)23-15-13(20)11(18)10(17)12(19)14(15)21/h22H,2-9H2,1H3. The van der Waals surface area contributed by atoms with E-state index in [2.05, 4.69) is 5.32 Å². The van der Waals surface area contributed by atoms with Gasteiger partial charge in [0, 0.05) is 0 Å². The van der Waals surface area contributed by atoms with Crippen LogP contribution in [-0.4, -0.2) is 18.7 Å². The van der Waals surface area contributed by atoms with Crippen LogP contribution in [0.25, 0.3) is 0 Å². The maximum Gasteiger partial charge on any atom is 0.207 e. The minimum absolute atomic E-state index is 0.455. The summed E-state index contributed by atoms with van der Waals surface area (Å²) >= 11 is 0. The Morgan fingerprint density at radius 3 is 1.91 bits per heavy atom. The molecule has 2 nitrogen and oxygen atoms in total. The van der Waals surface area contributed by atoms with Crippen LogP contribution in [0, 0.1) is 29.1 Å². The molecule has 1 saturated heterocycles. The first kappa shape index (κ1) is 18.0. The van der Waals surface area contributed by atoms with Gasteiger partial charge in [0.05, 0.1) is 0 Å². The maximum atomic E-state index is 13.9. The number of benzene rings is 1. The summed E-state index contributed by atoms with van der Waals surface area (Å²) in [5, 5.41) is 3.10. The number of hydrogen-bond acceptors (Lipinski definition) is 2. The predicted octanol–water partition coefficient (Wildman–Crippen LogP) is 4.46. The van der Waals surface area contributed by atoms with E-state index in [1.165, 1.54) is 0 Å². The molecule has 0 aliphatic carbocycles. The average Bonchev–Trinajstić information content (AvgIpc) is 2.56. The Morgan fingerprint density at radius 2 is 1.39 bits per heavy atom. The van der Waals surface area contributed by atoms with E-state index in [1.54, 1.807) is 0 Å². The van der Waals surface area contributed by atoms with Crippen LogP contribution < -0.4 is 10.1 Å². The second-order valence-electron chi connectivity index (χ2n) is 5.89. The van der Waals surface area contributed by atoms with Crippen molar-refractivity contribution >= 4 is 0 Å². The van der Waals surface area contributed by atoms with Crippen molar-refractivity contribution in [2.24, 2.45) is 0 Å². The van der Waals surface area contributed by atoms with Crippen molar-refractivity contribution in [3.8, 4) is 5.75 Å². The number of piperidine rings is 1. The summed E-state index contributed by atoms with van der Waals surface area (Å²) in [6.07, 6.45) is 4.06. The molecule has 1 aromatic carbocycles. The van der Waals surface area contributed by atoms with E-state index < -0.39 is 40.4 Å². The second-order valence-corrected chi connectivity index (χ2v) is 5.89. The highest BCUT2D eigenvalue weighted by atomic mass is 19.2. The van der Waals surface area contributed by atoms with Crippen molar-refractivity contribution in [2.45, 2.75) is 51.0 Å². The van der Waals surface area contributed by atoms with Crippen molar-refractivity contribution in [1.29, 1.82) is 0 Å². The zero-order valence-electron chi connectivity index (χ0n) is 13.0. The molecule has 0 radical (unpaired) electrons. The molecule has 1 aromatic rings. The van der Waals surface area contributed by atoms with E-state index in [4.69, 9.17) is 4.74 Å². The number of rotatable bonds is 6. The molecule has 7 heteroatoms. The van der Waals surface area contributed by atoms with Crippen molar-refractivity contribution in [2.75, 3.05) is 13.1 Å². The molecule has 0 aromatic heterocycles. The lowest BCUT2D eigenvalue weighted by Crippen LogP contribution is -2.46. The van der Waals surface area contributed by atoms with Gasteiger partial charge in [-0.2, -0.15) is 8.78 Å². The van der Waals surface area contributed by atoms with E-state index in [-0.39, 0.29) is 0 Å². The molecule has 0 amide bonds. The third-order valence-corrected chi connectivity index (χ3v) is 4.24. The number of hydrogen-bond donors (Lipinski definition) is 1. The minimum Gasteiger partial charge on any atom is -0.481 e. The Balaban J connectivity index is 2.33. The smallest absolute Gasteiger partial charge is 0.207 e. The fourth-order valence-corrected chi connectivity index (χ4v) is 2.87. The monoisotopic (exact) mass is 337 g/mol. The topological polar surface area (TPSA) is 21.3 Å². The van der Waals surface area contributed by atoms with Gasteiger partial charge < -0.3 is 10.1 Å². The Bertz CT molecular complexity index is 529. The number of unbranched alkanes of at least 4 members (excludes halogenated alkanes) is 2. The lowest BCUT2D eigenvalue weighted by molar-refractivity contribution is 0.0170. The second kappa shape index (κ2) is 7.47. The van der Waals surface area contributed by atoms with Crippen LogP contribution in [0.4, 0.5) is 22.0 Å². The Labute approximate surface area is 132 Å². The Hall–Kier alpha value is -1.37. The molecule has 1 N–H and O–H groups in total. The fraction of sp³-hybridized carbons (Fsp3) is 0.625. The van der Waals surface area contributed by atoms with Gasteiger partial charge in [-0.25, -0.2) is 13.2 Å². The minimum atomic E-state index is -2.17. The average molecular weight is 337 g/mol. The summed E-state index contributed by atoms with van der Waals surface area (Å²) in [5.41, 5.74) is -0.904. The van der Waals surface area contributed by atoms with E-state index in [1.807, 2.05) is 6.92 Å². The lowest BCUT2D eigenvalue weighted by Gasteiger charge is -2.38. The molecule has 0 unspecified atom stereocenters. The van der Waals surface area contributed by atoms with E-state index in [0.717, 1.165) is 19.3 Å². The van der Waals surface area contributed by atoms with Gasteiger partial charge in [0.25, 0.3) is 0 Å². The number of nitrogens with one attached hydrogen (secondary N) is 1. The van der Waals surface area contributed by atoms with Gasteiger partial charge in [0.1, 0.15) is 5.60 Å². The number of ether oxygens (including phenoxy) is 1. The highest BCUT2D eigenvalue weighted by Crippen LogP contribution is 2.36. The normalized spacial score (nSPS) is 17.3. The van der Waals surface area contributed by atoms with E-state index >= 15 is 0 Å². The zero-order chi connectivity index (χ0) is 17.0. The van der Waals surface area contributed by atoms with Gasteiger partial charge in [-0.15, -0.1) is 0 Å². The third-order valence-electron chi connectivity index (χ3n) is 4.24. The number of halogens is 5. The molecule has 1 aliphatic rings. The van der Waals surface area contributed by atoms with Crippen molar-refractivity contribution in [1.82, 2.24) is 5.32 Å². The predicted molar refractivity (Wildman–Crippen MR) is 75.8 cm³/mol. The highest BCUT2D eigenvalue weighted by Gasteiger charge is 2.37. The van der Waals surface area contributed by atoms with Gasteiger partial charge in [-0.3, -0.25) is 0 Å². The van der Waals surface area contributed by atoms with Crippen molar-refractivity contribution in [3.63, 3.8) is 0 Å². The molecular weight excluding hydrogens is 317 g/mol. The summed E-state index contributed by atoms with van der Waals surface area (Å²) in [4.78, 5) is 0. The van der Waals surface area contributed by atoms with Crippen LogP contribution >= 0.6 is 0 Å². The van der Waals surface area contributed by atoms with Crippen LogP contribution in [0.15, 0.2) is 0 Å². The lowest BCUT2D eigenvalue weighted by atomic mass is 9.86. The molecule has 1 aliphatic heterocycles. The molecule has 23 heavy (non-hydrogen) atoms. The molecule has 130 valence electrons. The summed E-state index contributed by atoms with van der Waals surface area (Å²) in [6.45, 7) is 3.16. The molecule has 1 fully saturated rings. The van der Waals surface area contributed by atoms with E-state index in [0.29, 0.717) is 32.4 Å². The molecular formula is C16H20F5NO. The van der Waals surface area contributed by atoms with Gasteiger partial charge >= 0.3 is 0 Å². The Kier molecular flexibility index (Phi) is 5.84. The Morgan fingerprint density at radius 1 is 0.870 bits per heavy atom. The molecule has 2 rings (SSSR count). The summed E-state index contributed by atoms with van der Waals surface area (Å²) < 4.78 is 72.9. The first-order valence-corrected chi connectivity index (χ1v) is 7.83. The SMILES string of the molecule is CCCCCC1(Oc2c(F)c(F)c(F)c(F)c2F)CCNCC1. The quantitative estimate of drug-likeness (QED) is 0.358. The first-order chi connectivity index (χ1) is 10.9. The fourth-order valence-electron chi connectivity index (χ4n) is 2.87. The highest BCUT2D eigenvalue weighted by molar-refractivity contribution is 5.30. The molecule has 0 spiro atoms. The third kappa shape index (κ3) is 3.76. The molecule has 0 saturated carbocycles. The van der Waals surface area contributed by atoms with Gasteiger partial charge in [0.15, 0.2) is 5.75 Å². The van der Waals surface area contributed by atoms with Crippen LogP contribution in [0.3, 0.4) is 0 Å². The largest absolute Gasteiger partial charge is 0.481 e.